The fraction of sp³-hybridized carbons (Fsp3) is 0.400. The zero-order valence-corrected chi connectivity index (χ0v) is 18.0. The summed E-state index contributed by atoms with van der Waals surface area (Å²) in [5, 5.41) is 3.21. The van der Waals surface area contributed by atoms with Crippen molar-refractivity contribution >= 4 is 37.8 Å². The molecule has 0 amide bonds. The Morgan fingerprint density at radius 2 is 1.97 bits per heavy atom. The predicted octanol–water partition coefficient (Wildman–Crippen LogP) is 1.64. The van der Waals surface area contributed by atoms with Crippen LogP contribution in [0.4, 0.5) is 0 Å². The fourth-order valence-corrected chi connectivity index (χ4v) is 4.88. The number of H-pyrrole nitrogens is 1. The first-order chi connectivity index (χ1) is 14.3. The second-order valence-electron chi connectivity index (χ2n) is 7.46. The summed E-state index contributed by atoms with van der Waals surface area (Å²) in [4.78, 5) is 24.7. The number of aryl methyl sites for hydroxylation is 1. The number of esters is 1. The maximum Gasteiger partial charge on any atom is 0.357 e. The largest absolute Gasteiger partial charge is 0.461 e. The van der Waals surface area contributed by atoms with Gasteiger partial charge in [0.2, 0.25) is 0 Å². The molecule has 0 saturated carbocycles. The standard InChI is InChI=1S/C20H25N5O4S/c1-4-29-20(26)19-13(2)18-15-11-14(5-6-16(15)22-17(18)12-21-19)30(27,28)23-25-9-7-24(3)8-10-25/h5-6,11-12,22-23H,4,7-10H2,1-3H3. The summed E-state index contributed by atoms with van der Waals surface area (Å²) >= 11 is 0. The Morgan fingerprint density at radius 1 is 1.23 bits per heavy atom. The number of nitrogens with one attached hydrogen (secondary N) is 2. The summed E-state index contributed by atoms with van der Waals surface area (Å²) in [5.41, 5.74) is 2.39. The van der Waals surface area contributed by atoms with Crippen LogP contribution in [0.2, 0.25) is 0 Å². The molecule has 2 N–H and O–H groups in total. The van der Waals surface area contributed by atoms with E-state index in [4.69, 9.17) is 4.74 Å². The van der Waals surface area contributed by atoms with E-state index in [-0.39, 0.29) is 17.2 Å². The molecule has 10 heteroatoms. The van der Waals surface area contributed by atoms with Crippen molar-refractivity contribution in [2.24, 2.45) is 0 Å². The van der Waals surface area contributed by atoms with Gasteiger partial charge in [0.1, 0.15) is 0 Å². The summed E-state index contributed by atoms with van der Waals surface area (Å²) in [7, 11) is -1.71. The number of carbonyl (C=O) groups excluding carboxylic acids is 1. The smallest absolute Gasteiger partial charge is 0.357 e. The molecule has 1 aromatic carbocycles. The van der Waals surface area contributed by atoms with Crippen LogP contribution in [0.5, 0.6) is 0 Å². The molecule has 0 atom stereocenters. The highest BCUT2D eigenvalue weighted by atomic mass is 32.2. The second kappa shape index (κ2) is 7.95. The van der Waals surface area contributed by atoms with Crippen LogP contribution < -0.4 is 4.83 Å². The highest BCUT2D eigenvalue weighted by molar-refractivity contribution is 7.89. The maximum absolute atomic E-state index is 13.0. The quantitative estimate of drug-likeness (QED) is 0.591. The first-order valence-electron chi connectivity index (χ1n) is 9.84. The summed E-state index contributed by atoms with van der Waals surface area (Å²) in [6, 6.07) is 4.94. The number of rotatable bonds is 5. The Morgan fingerprint density at radius 3 is 2.67 bits per heavy atom. The third kappa shape index (κ3) is 3.79. The molecule has 0 radical (unpaired) electrons. The van der Waals surface area contributed by atoms with Crippen molar-refractivity contribution in [3.05, 3.63) is 35.7 Å². The molecule has 1 fully saturated rings. The molecule has 0 aliphatic carbocycles. The van der Waals surface area contributed by atoms with E-state index >= 15 is 0 Å². The molecule has 1 saturated heterocycles. The third-order valence-electron chi connectivity index (χ3n) is 5.38. The lowest BCUT2D eigenvalue weighted by atomic mass is 10.1. The maximum atomic E-state index is 13.0. The van der Waals surface area contributed by atoms with Crippen molar-refractivity contribution in [3.8, 4) is 0 Å². The van der Waals surface area contributed by atoms with E-state index in [0.29, 0.717) is 18.7 Å². The van der Waals surface area contributed by atoms with Crippen LogP contribution in [0, 0.1) is 6.92 Å². The van der Waals surface area contributed by atoms with Crippen LogP contribution in [0.15, 0.2) is 29.3 Å². The molecule has 9 nitrogen and oxygen atoms in total. The van der Waals surface area contributed by atoms with Gasteiger partial charge in [-0.05, 0) is 44.7 Å². The molecule has 160 valence electrons. The van der Waals surface area contributed by atoms with Crippen LogP contribution in [-0.4, -0.2) is 74.1 Å². The summed E-state index contributed by atoms with van der Waals surface area (Å²) in [6.45, 7) is 6.63. The van der Waals surface area contributed by atoms with Crippen LogP contribution in [-0.2, 0) is 14.8 Å². The van der Waals surface area contributed by atoms with Crippen LogP contribution in [0.1, 0.15) is 23.0 Å². The van der Waals surface area contributed by atoms with E-state index in [2.05, 4.69) is 19.7 Å². The topological polar surface area (TPSA) is 108 Å². The number of sulfonamides is 1. The van der Waals surface area contributed by atoms with Crippen molar-refractivity contribution in [2.45, 2.75) is 18.7 Å². The van der Waals surface area contributed by atoms with Gasteiger partial charge in [-0.1, -0.05) is 0 Å². The Hall–Kier alpha value is -2.53. The Labute approximate surface area is 175 Å². The number of piperazine rings is 1. The minimum atomic E-state index is -3.73. The number of aromatic nitrogens is 2. The summed E-state index contributed by atoms with van der Waals surface area (Å²) in [6.07, 6.45) is 1.57. The first-order valence-corrected chi connectivity index (χ1v) is 11.3. The highest BCUT2D eigenvalue weighted by Gasteiger charge is 2.23. The number of carbonyl (C=O) groups is 1. The number of likely N-dealkylation sites (N-methyl/N-ethyl adjacent to an activating group) is 1. The number of benzene rings is 1. The Kier molecular flexibility index (Phi) is 5.49. The average Bonchev–Trinajstić information content (AvgIpc) is 3.08. The Bertz CT molecular complexity index is 1210. The first kappa shape index (κ1) is 20.7. The van der Waals surface area contributed by atoms with Gasteiger partial charge in [0.15, 0.2) is 5.69 Å². The number of fused-ring (bicyclic) bond motifs is 3. The SMILES string of the molecule is CCOC(=O)c1ncc2[nH]c3ccc(S(=O)(=O)NN4CCN(C)CC4)cc3c2c1C. The van der Waals surface area contributed by atoms with E-state index in [1.807, 2.05) is 7.05 Å². The van der Waals surface area contributed by atoms with Gasteiger partial charge < -0.3 is 14.6 Å². The molecular weight excluding hydrogens is 406 g/mol. The van der Waals surface area contributed by atoms with Crippen LogP contribution in [0.3, 0.4) is 0 Å². The van der Waals surface area contributed by atoms with Crippen molar-refractivity contribution in [2.75, 3.05) is 39.8 Å². The molecular formula is C20H25N5O4S. The summed E-state index contributed by atoms with van der Waals surface area (Å²) in [5.74, 6) is -0.494. The normalized spacial score (nSPS) is 16.4. The number of hydrogen-bond acceptors (Lipinski definition) is 7. The van der Waals surface area contributed by atoms with Crippen LogP contribution >= 0.6 is 0 Å². The molecule has 4 rings (SSSR count). The van der Waals surface area contributed by atoms with Gasteiger partial charge in [-0.3, -0.25) is 0 Å². The lowest BCUT2D eigenvalue weighted by Crippen LogP contribution is -2.52. The molecule has 1 aliphatic heterocycles. The predicted molar refractivity (Wildman–Crippen MR) is 114 cm³/mol. The molecule has 1 aliphatic rings. The number of hydrogen-bond donors (Lipinski definition) is 2. The van der Waals surface area contributed by atoms with Gasteiger partial charge >= 0.3 is 5.97 Å². The number of hydrazine groups is 1. The number of pyridine rings is 1. The van der Waals surface area contributed by atoms with Crippen molar-refractivity contribution in [3.63, 3.8) is 0 Å². The van der Waals surface area contributed by atoms with E-state index in [1.54, 1.807) is 43.3 Å². The fourth-order valence-electron chi connectivity index (χ4n) is 3.73. The molecule has 30 heavy (non-hydrogen) atoms. The van der Waals surface area contributed by atoms with Gasteiger partial charge in [-0.25, -0.2) is 23.2 Å². The highest BCUT2D eigenvalue weighted by Crippen LogP contribution is 2.31. The molecule has 2 aromatic heterocycles. The molecule has 3 heterocycles. The second-order valence-corrected chi connectivity index (χ2v) is 9.12. The number of aromatic amines is 1. The number of ether oxygens (including phenoxy) is 1. The molecule has 3 aromatic rings. The molecule has 0 bridgehead atoms. The lowest BCUT2D eigenvalue weighted by Gasteiger charge is -2.32. The van der Waals surface area contributed by atoms with Gasteiger partial charge in [0, 0.05) is 42.5 Å². The summed E-state index contributed by atoms with van der Waals surface area (Å²) < 4.78 is 31.0. The minimum Gasteiger partial charge on any atom is -0.461 e. The lowest BCUT2D eigenvalue weighted by molar-refractivity contribution is 0.0519. The Balaban J connectivity index is 1.74. The van der Waals surface area contributed by atoms with E-state index in [9.17, 15) is 13.2 Å². The van der Waals surface area contributed by atoms with E-state index in [0.717, 1.165) is 34.9 Å². The van der Waals surface area contributed by atoms with E-state index in [1.165, 1.54) is 0 Å². The zero-order chi connectivity index (χ0) is 21.5. The van der Waals surface area contributed by atoms with Crippen molar-refractivity contribution < 1.29 is 17.9 Å². The molecule has 0 spiro atoms. The number of nitrogens with zero attached hydrogens (tertiary/aromatic N) is 3. The minimum absolute atomic E-state index is 0.170. The monoisotopic (exact) mass is 431 g/mol. The van der Waals surface area contributed by atoms with Gasteiger partial charge in [-0.15, -0.1) is 4.83 Å². The van der Waals surface area contributed by atoms with Gasteiger partial charge in [-0.2, -0.15) is 0 Å². The van der Waals surface area contributed by atoms with Crippen LogP contribution in [0.25, 0.3) is 21.8 Å². The van der Waals surface area contributed by atoms with Crippen molar-refractivity contribution in [1.29, 1.82) is 0 Å². The van der Waals surface area contributed by atoms with Crippen molar-refractivity contribution in [1.82, 2.24) is 24.7 Å². The van der Waals surface area contributed by atoms with Gasteiger partial charge in [0.25, 0.3) is 10.0 Å². The third-order valence-corrected chi connectivity index (χ3v) is 6.76. The average molecular weight is 432 g/mol. The van der Waals surface area contributed by atoms with Gasteiger partial charge in [0.05, 0.1) is 23.2 Å². The molecule has 0 unspecified atom stereocenters. The zero-order valence-electron chi connectivity index (χ0n) is 17.2. The van der Waals surface area contributed by atoms with E-state index < -0.39 is 16.0 Å².